The highest BCUT2D eigenvalue weighted by molar-refractivity contribution is 14.0. The number of ether oxygens (including phenoxy) is 2. The zero-order valence-electron chi connectivity index (χ0n) is 16.5. The molecule has 0 spiro atoms. The summed E-state index contributed by atoms with van der Waals surface area (Å²) in [5.41, 5.74) is 2.45. The van der Waals surface area contributed by atoms with Crippen molar-refractivity contribution in [1.29, 1.82) is 0 Å². The van der Waals surface area contributed by atoms with Gasteiger partial charge in [0.25, 0.3) is 0 Å². The van der Waals surface area contributed by atoms with Gasteiger partial charge in [0.1, 0.15) is 0 Å². The van der Waals surface area contributed by atoms with Crippen LogP contribution in [0.25, 0.3) is 0 Å². The van der Waals surface area contributed by atoms with E-state index in [0.29, 0.717) is 24.7 Å². The Labute approximate surface area is 175 Å². The maximum atomic E-state index is 5.97. The van der Waals surface area contributed by atoms with Crippen molar-refractivity contribution in [1.82, 2.24) is 10.6 Å². The van der Waals surface area contributed by atoms with E-state index in [9.17, 15) is 0 Å². The molecule has 1 aromatic rings. The third-order valence-electron chi connectivity index (χ3n) is 4.72. The lowest BCUT2D eigenvalue weighted by Crippen LogP contribution is -2.43. The van der Waals surface area contributed by atoms with Crippen LogP contribution in [0.4, 0.5) is 0 Å². The number of hydrogen-bond acceptors (Lipinski definition) is 3. The molecule has 1 fully saturated rings. The molecule has 6 heteroatoms. The Morgan fingerprint density at radius 1 is 1.15 bits per heavy atom. The molecular formula is C20H34IN3O2. The van der Waals surface area contributed by atoms with Crippen molar-refractivity contribution < 1.29 is 9.47 Å². The highest BCUT2D eigenvalue weighted by Crippen LogP contribution is 2.14. The number of rotatable bonds is 7. The molecule has 5 nitrogen and oxygen atoms in total. The van der Waals surface area contributed by atoms with Crippen molar-refractivity contribution in [2.24, 2.45) is 10.9 Å². The molecule has 1 aliphatic rings. The molecular weight excluding hydrogens is 441 g/mol. The van der Waals surface area contributed by atoms with E-state index >= 15 is 0 Å². The number of nitrogens with zero attached hydrogens (tertiary/aromatic N) is 1. The monoisotopic (exact) mass is 475 g/mol. The van der Waals surface area contributed by atoms with E-state index in [2.05, 4.69) is 60.7 Å². The normalized spacial score (nSPS) is 16.9. The Morgan fingerprint density at radius 2 is 1.77 bits per heavy atom. The second-order valence-corrected chi connectivity index (χ2v) is 7.04. The molecule has 148 valence electrons. The van der Waals surface area contributed by atoms with Gasteiger partial charge in [0.2, 0.25) is 0 Å². The Bertz CT molecular complexity index is 528. The summed E-state index contributed by atoms with van der Waals surface area (Å²) in [5, 5.41) is 6.78. The van der Waals surface area contributed by atoms with Gasteiger partial charge in [-0.05, 0) is 36.8 Å². The van der Waals surface area contributed by atoms with E-state index in [-0.39, 0.29) is 24.0 Å². The lowest BCUT2D eigenvalue weighted by Gasteiger charge is -2.22. The Kier molecular flexibility index (Phi) is 11.2. The minimum atomic E-state index is 0. The maximum absolute atomic E-state index is 5.97. The molecule has 0 saturated carbocycles. The van der Waals surface area contributed by atoms with Gasteiger partial charge in [0.15, 0.2) is 5.96 Å². The van der Waals surface area contributed by atoms with Gasteiger partial charge >= 0.3 is 0 Å². The molecule has 0 radical (unpaired) electrons. The number of halogens is 1. The second kappa shape index (κ2) is 12.5. The number of benzene rings is 1. The summed E-state index contributed by atoms with van der Waals surface area (Å²) >= 11 is 0. The van der Waals surface area contributed by atoms with Crippen molar-refractivity contribution in [3.63, 3.8) is 0 Å². The third kappa shape index (κ3) is 8.22. The molecule has 1 unspecified atom stereocenters. The smallest absolute Gasteiger partial charge is 0.191 e. The van der Waals surface area contributed by atoms with Gasteiger partial charge in [-0.2, -0.15) is 0 Å². The third-order valence-corrected chi connectivity index (χ3v) is 4.72. The number of guanidine groups is 1. The van der Waals surface area contributed by atoms with Crippen LogP contribution in [0.1, 0.15) is 44.7 Å². The Balaban J connectivity index is 0.00000338. The molecule has 0 aliphatic carbocycles. The lowest BCUT2D eigenvalue weighted by molar-refractivity contribution is -0.0390. The Morgan fingerprint density at radius 3 is 2.35 bits per heavy atom. The fraction of sp³-hybridized carbons (Fsp3) is 0.650. The fourth-order valence-corrected chi connectivity index (χ4v) is 2.57. The van der Waals surface area contributed by atoms with Crippen LogP contribution in [0, 0.1) is 5.92 Å². The van der Waals surface area contributed by atoms with Crippen LogP contribution in [0.3, 0.4) is 0 Å². The maximum Gasteiger partial charge on any atom is 0.191 e. The van der Waals surface area contributed by atoms with Gasteiger partial charge in [-0.15, -0.1) is 24.0 Å². The van der Waals surface area contributed by atoms with Crippen LogP contribution in [0.2, 0.25) is 0 Å². The number of nitrogens with one attached hydrogen (secondary N) is 2. The Hall–Kier alpha value is -0.860. The summed E-state index contributed by atoms with van der Waals surface area (Å²) in [6.07, 6.45) is 2.35. The molecule has 0 amide bonds. The molecule has 26 heavy (non-hydrogen) atoms. The molecule has 0 bridgehead atoms. The largest absolute Gasteiger partial charge is 0.381 e. The average Bonchev–Trinajstić information content (AvgIpc) is 2.64. The van der Waals surface area contributed by atoms with Gasteiger partial charge in [0, 0.05) is 32.8 Å². The minimum Gasteiger partial charge on any atom is -0.381 e. The number of hydrogen-bond donors (Lipinski definition) is 2. The van der Waals surface area contributed by atoms with Gasteiger partial charge in [-0.3, -0.25) is 4.99 Å². The first-order valence-electron chi connectivity index (χ1n) is 9.33. The summed E-state index contributed by atoms with van der Waals surface area (Å²) in [4.78, 5) is 4.29. The topological polar surface area (TPSA) is 54.9 Å². The van der Waals surface area contributed by atoms with Crippen LogP contribution >= 0.6 is 24.0 Å². The van der Waals surface area contributed by atoms with E-state index in [1.165, 1.54) is 11.1 Å². The van der Waals surface area contributed by atoms with E-state index in [4.69, 9.17) is 9.47 Å². The first-order chi connectivity index (χ1) is 12.1. The molecule has 1 heterocycles. The van der Waals surface area contributed by atoms with Crippen molar-refractivity contribution in [2.75, 3.05) is 20.3 Å². The van der Waals surface area contributed by atoms with Gasteiger partial charge < -0.3 is 20.1 Å². The molecule has 1 atom stereocenters. The minimum absolute atomic E-state index is 0. The van der Waals surface area contributed by atoms with Gasteiger partial charge in [0.05, 0.1) is 12.7 Å². The summed E-state index contributed by atoms with van der Waals surface area (Å²) in [6.45, 7) is 9.64. The molecule has 2 rings (SSSR count). The van der Waals surface area contributed by atoms with Gasteiger partial charge in [-0.25, -0.2) is 0 Å². The predicted molar refractivity (Wildman–Crippen MR) is 118 cm³/mol. The summed E-state index contributed by atoms with van der Waals surface area (Å²) in [5.74, 6) is 1.40. The second-order valence-electron chi connectivity index (χ2n) is 7.04. The van der Waals surface area contributed by atoms with Crippen LogP contribution in [-0.4, -0.2) is 38.4 Å². The van der Waals surface area contributed by atoms with Crippen molar-refractivity contribution in [3.8, 4) is 0 Å². The van der Waals surface area contributed by atoms with Crippen molar-refractivity contribution >= 4 is 29.9 Å². The highest BCUT2D eigenvalue weighted by Gasteiger charge is 2.14. The summed E-state index contributed by atoms with van der Waals surface area (Å²) in [6, 6.07) is 8.96. The molecule has 1 aliphatic heterocycles. The standard InChI is InChI=1S/C20H33N3O2.HI/c1-15(2)16(3)23-20(21-4)22-13-17-5-7-18(8-6-17)14-25-19-9-11-24-12-10-19;/h5-8,15-16,19H,9-14H2,1-4H3,(H2,21,22,23);1H. The van der Waals surface area contributed by atoms with E-state index in [1.54, 1.807) is 7.05 Å². The van der Waals surface area contributed by atoms with E-state index in [0.717, 1.165) is 38.6 Å². The quantitative estimate of drug-likeness (QED) is 0.359. The predicted octanol–water partition coefficient (Wildman–Crippen LogP) is 3.71. The zero-order valence-corrected chi connectivity index (χ0v) is 18.8. The van der Waals surface area contributed by atoms with E-state index in [1.807, 2.05) is 0 Å². The highest BCUT2D eigenvalue weighted by atomic mass is 127. The van der Waals surface area contributed by atoms with Crippen LogP contribution in [-0.2, 0) is 22.6 Å². The van der Waals surface area contributed by atoms with Crippen LogP contribution in [0.5, 0.6) is 0 Å². The molecule has 0 aromatic heterocycles. The van der Waals surface area contributed by atoms with Gasteiger partial charge in [-0.1, -0.05) is 38.1 Å². The summed E-state index contributed by atoms with van der Waals surface area (Å²) in [7, 11) is 1.80. The SMILES string of the molecule is CN=C(NCc1ccc(COC2CCOCC2)cc1)NC(C)C(C)C.I. The van der Waals surface area contributed by atoms with Crippen molar-refractivity contribution in [3.05, 3.63) is 35.4 Å². The van der Waals surface area contributed by atoms with Crippen LogP contribution in [0.15, 0.2) is 29.3 Å². The fourth-order valence-electron chi connectivity index (χ4n) is 2.57. The molecule has 2 N–H and O–H groups in total. The first kappa shape index (κ1) is 23.2. The molecule has 1 aromatic carbocycles. The van der Waals surface area contributed by atoms with Crippen LogP contribution < -0.4 is 10.6 Å². The van der Waals surface area contributed by atoms with E-state index < -0.39 is 0 Å². The number of aliphatic imine (C=N–C) groups is 1. The van der Waals surface area contributed by atoms with Crippen molar-refractivity contribution in [2.45, 2.75) is 58.9 Å². The lowest BCUT2D eigenvalue weighted by atomic mass is 10.1. The average molecular weight is 475 g/mol. The molecule has 1 saturated heterocycles. The first-order valence-corrected chi connectivity index (χ1v) is 9.33. The zero-order chi connectivity index (χ0) is 18.1. The summed E-state index contributed by atoms with van der Waals surface area (Å²) < 4.78 is 11.3.